The van der Waals surface area contributed by atoms with E-state index in [1.54, 1.807) is 50.4 Å². The van der Waals surface area contributed by atoms with Gasteiger partial charge in [0, 0.05) is 18.7 Å². The smallest absolute Gasteiger partial charge is 0.135 e. The average molecular weight is 289 g/mol. The fourth-order valence-corrected chi connectivity index (χ4v) is 2.11. The number of aromatic nitrogens is 2. The van der Waals surface area contributed by atoms with Crippen molar-refractivity contribution in [2.45, 2.75) is 6.54 Å². The summed E-state index contributed by atoms with van der Waals surface area (Å²) in [5.74, 6) is 2.33. The van der Waals surface area contributed by atoms with Crippen molar-refractivity contribution in [1.29, 1.82) is 0 Å². The minimum absolute atomic E-state index is 0.525. The Hall–Kier alpha value is -2.63. The second-order valence-electron chi connectivity index (χ2n) is 4.33. The molecule has 21 heavy (non-hydrogen) atoms. The van der Waals surface area contributed by atoms with Crippen LogP contribution in [0.2, 0.25) is 0 Å². The van der Waals surface area contributed by atoms with Crippen LogP contribution in [0.4, 0.5) is 5.82 Å². The summed E-state index contributed by atoms with van der Waals surface area (Å²) in [5.41, 5.74) is 7.45. The lowest BCUT2D eigenvalue weighted by atomic mass is 10.1. The Morgan fingerprint density at radius 3 is 2.29 bits per heavy atom. The number of ether oxygens (including phenoxy) is 3. The second kappa shape index (κ2) is 6.21. The molecule has 2 rings (SSSR count). The second-order valence-corrected chi connectivity index (χ2v) is 4.33. The maximum atomic E-state index is 6.15. The monoisotopic (exact) mass is 289 g/mol. The SMILES string of the molecule is C=CCn1cnc(-c2c(OC)cc(OC)cc2OC)c1N. The molecule has 0 saturated heterocycles. The molecule has 1 aromatic heterocycles. The van der Waals surface area contributed by atoms with Crippen LogP contribution in [0.25, 0.3) is 11.3 Å². The van der Waals surface area contributed by atoms with Crippen LogP contribution in [-0.2, 0) is 6.54 Å². The van der Waals surface area contributed by atoms with Crippen LogP contribution in [0.1, 0.15) is 0 Å². The highest BCUT2D eigenvalue weighted by atomic mass is 16.5. The summed E-state index contributed by atoms with van der Waals surface area (Å²) in [7, 11) is 4.74. The van der Waals surface area contributed by atoms with Gasteiger partial charge in [0.2, 0.25) is 0 Å². The molecule has 6 heteroatoms. The fraction of sp³-hybridized carbons (Fsp3) is 0.267. The molecule has 0 radical (unpaired) electrons. The fourth-order valence-electron chi connectivity index (χ4n) is 2.11. The Bertz CT molecular complexity index is 625. The molecule has 0 atom stereocenters. The molecule has 0 amide bonds. The molecule has 0 fully saturated rings. The Kier molecular flexibility index (Phi) is 4.37. The molecule has 6 nitrogen and oxygen atoms in total. The molecule has 0 bridgehead atoms. The van der Waals surface area contributed by atoms with Crippen LogP contribution in [0.15, 0.2) is 31.1 Å². The van der Waals surface area contributed by atoms with Crippen molar-refractivity contribution in [3.05, 3.63) is 31.1 Å². The first-order chi connectivity index (χ1) is 10.2. The van der Waals surface area contributed by atoms with Crippen molar-refractivity contribution in [2.24, 2.45) is 0 Å². The first kappa shape index (κ1) is 14.8. The van der Waals surface area contributed by atoms with Gasteiger partial charge in [-0.25, -0.2) is 4.98 Å². The Balaban J connectivity index is 2.64. The zero-order chi connectivity index (χ0) is 15.4. The first-order valence-corrected chi connectivity index (χ1v) is 6.38. The standard InChI is InChI=1S/C15H19N3O3/c1-5-6-18-9-17-14(15(18)16)13-11(20-3)7-10(19-2)8-12(13)21-4/h5,7-9H,1,6,16H2,2-4H3. The van der Waals surface area contributed by atoms with E-state index in [4.69, 9.17) is 19.9 Å². The number of imidazole rings is 1. The molecule has 2 aromatic rings. The number of anilines is 1. The summed E-state index contributed by atoms with van der Waals surface area (Å²) < 4.78 is 17.9. The van der Waals surface area contributed by atoms with Gasteiger partial charge in [0.1, 0.15) is 28.8 Å². The summed E-state index contributed by atoms with van der Waals surface area (Å²) in [6, 6.07) is 3.54. The number of allylic oxidation sites excluding steroid dienone is 1. The number of benzene rings is 1. The number of hydrogen-bond acceptors (Lipinski definition) is 5. The molecule has 0 spiro atoms. The molecular formula is C15H19N3O3. The molecular weight excluding hydrogens is 270 g/mol. The van der Waals surface area contributed by atoms with E-state index < -0.39 is 0 Å². The Morgan fingerprint density at radius 2 is 1.81 bits per heavy atom. The topological polar surface area (TPSA) is 71.5 Å². The number of nitrogen functional groups attached to an aromatic ring is 1. The molecule has 0 saturated carbocycles. The van der Waals surface area contributed by atoms with Crippen LogP contribution in [-0.4, -0.2) is 30.9 Å². The van der Waals surface area contributed by atoms with E-state index in [0.29, 0.717) is 40.9 Å². The quantitative estimate of drug-likeness (QED) is 0.826. The van der Waals surface area contributed by atoms with Gasteiger partial charge in [0.15, 0.2) is 0 Å². The number of rotatable bonds is 6. The van der Waals surface area contributed by atoms with E-state index in [2.05, 4.69) is 11.6 Å². The maximum absolute atomic E-state index is 6.15. The van der Waals surface area contributed by atoms with Crippen molar-refractivity contribution < 1.29 is 14.2 Å². The maximum Gasteiger partial charge on any atom is 0.135 e. The first-order valence-electron chi connectivity index (χ1n) is 6.38. The summed E-state index contributed by atoms with van der Waals surface area (Å²) in [6.07, 6.45) is 3.42. The molecule has 0 aliphatic carbocycles. The zero-order valence-corrected chi connectivity index (χ0v) is 12.4. The number of nitrogens with two attached hydrogens (primary N) is 1. The zero-order valence-electron chi connectivity index (χ0n) is 12.4. The molecule has 0 aliphatic heterocycles. The van der Waals surface area contributed by atoms with Gasteiger partial charge in [-0.05, 0) is 0 Å². The van der Waals surface area contributed by atoms with E-state index in [0.717, 1.165) is 0 Å². The molecule has 0 aliphatic rings. The third-order valence-electron chi connectivity index (χ3n) is 3.16. The van der Waals surface area contributed by atoms with E-state index in [1.807, 2.05) is 0 Å². The van der Waals surface area contributed by atoms with E-state index in [9.17, 15) is 0 Å². The number of hydrogen-bond donors (Lipinski definition) is 1. The molecule has 2 N–H and O–H groups in total. The van der Waals surface area contributed by atoms with Crippen molar-refractivity contribution >= 4 is 5.82 Å². The van der Waals surface area contributed by atoms with Crippen molar-refractivity contribution in [2.75, 3.05) is 27.1 Å². The van der Waals surface area contributed by atoms with E-state index in [1.165, 1.54) is 0 Å². The lowest BCUT2D eigenvalue weighted by molar-refractivity contribution is 0.377. The van der Waals surface area contributed by atoms with Crippen molar-refractivity contribution in [3.63, 3.8) is 0 Å². The van der Waals surface area contributed by atoms with Gasteiger partial charge in [-0.15, -0.1) is 6.58 Å². The van der Waals surface area contributed by atoms with Crippen molar-refractivity contribution in [3.8, 4) is 28.5 Å². The molecule has 1 heterocycles. The van der Waals surface area contributed by atoms with Gasteiger partial charge in [-0.3, -0.25) is 0 Å². The molecule has 0 unspecified atom stereocenters. The largest absolute Gasteiger partial charge is 0.496 e. The Labute approximate surface area is 123 Å². The van der Waals surface area contributed by atoms with E-state index >= 15 is 0 Å². The van der Waals surface area contributed by atoms with Crippen LogP contribution in [0.3, 0.4) is 0 Å². The molecule has 112 valence electrons. The highest BCUT2D eigenvalue weighted by molar-refractivity contribution is 5.82. The predicted octanol–water partition coefficient (Wildman–Crippen LogP) is 2.34. The van der Waals surface area contributed by atoms with Crippen LogP contribution in [0.5, 0.6) is 17.2 Å². The van der Waals surface area contributed by atoms with Crippen molar-refractivity contribution in [1.82, 2.24) is 9.55 Å². The van der Waals surface area contributed by atoms with Gasteiger partial charge in [-0.2, -0.15) is 0 Å². The van der Waals surface area contributed by atoms with Crippen LogP contribution >= 0.6 is 0 Å². The minimum atomic E-state index is 0.525. The van der Waals surface area contributed by atoms with Gasteiger partial charge in [0.25, 0.3) is 0 Å². The third-order valence-corrected chi connectivity index (χ3v) is 3.16. The third kappa shape index (κ3) is 2.65. The highest BCUT2D eigenvalue weighted by Crippen LogP contribution is 2.43. The van der Waals surface area contributed by atoms with Gasteiger partial charge < -0.3 is 24.5 Å². The highest BCUT2D eigenvalue weighted by Gasteiger charge is 2.20. The van der Waals surface area contributed by atoms with Gasteiger partial charge in [0.05, 0.1) is 33.2 Å². The summed E-state index contributed by atoms with van der Waals surface area (Å²) >= 11 is 0. The normalized spacial score (nSPS) is 10.2. The van der Waals surface area contributed by atoms with E-state index in [-0.39, 0.29) is 0 Å². The minimum Gasteiger partial charge on any atom is -0.496 e. The lowest BCUT2D eigenvalue weighted by Gasteiger charge is -2.14. The Morgan fingerprint density at radius 1 is 1.19 bits per heavy atom. The van der Waals surface area contributed by atoms with Crippen LogP contribution < -0.4 is 19.9 Å². The van der Waals surface area contributed by atoms with Crippen LogP contribution in [0, 0.1) is 0 Å². The summed E-state index contributed by atoms with van der Waals surface area (Å²) in [6.45, 7) is 4.28. The van der Waals surface area contributed by atoms with Gasteiger partial charge >= 0.3 is 0 Å². The molecule has 1 aromatic carbocycles. The lowest BCUT2D eigenvalue weighted by Crippen LogP contribution is -2.02. The van der Waals surface area contributed by atoms with Gasteiger partial charge in [-0.1, -0.05) is 6.08 Å². The average Bonchev–Trinajstić information content (AvgIpc) is 2.87. The summed E-state index contributed by atoms with van der Waals surface area (Å²) in [4.78, 5) is 4.37. The summed E-state index contributed by atoms with van der Waals surface area (Å²) in [5, 5.41) is 0. The number of nitrogens with zero attached hydrogens (tertiary/aromatic N) is 2. The number of methoxy groups -OCH3 is 3. The predicted molar refractivity (Wildman–Crippen MR) is 81.9 cm³/mol.